The lowest BCUT2D eigenvalue weighted by molar-refractivity contribution is -0.131. The fourth-order valence-electron chi connectivity index (χ4n) is 5.20. The van der Waals surface area contributed by atoms with Crippen LogP contribution < -0.4 is 15.4 Å². The number of esters is 1. The van der Waals surface area contributed by atoms with Crippen molar-refractivity contribution in [2.75, 3.05) is 12.4 Å². The molecule has 0 aliphatic carbocycles. The smallest absolute Gasteiger partial charge is 0.437 e. The number of carbonyl (C=O) groups excluding carboxylic acids is 4. The molecule has 3 amide bonds. The molecule has 0 aromatic heterocycles. The number of aliphatic imine (C=N–C) groups is 1. The van der Waals surface area contributed by atoms with Crippen LogP contribution in [0, 0.1) is 0 Å². The van der Waals surface area contributed by atoms with Gasteiger partial charge < -0.3 is 24.4 Å². The van der Waals surface area contributed by atoms with Crippen molar-refractivity contribution in [3.63, 3.8) is 0 Å². The van der Waals surface area contributed by atoms with E-state index in [0.29, 0.717) is 29.1 Å². The summed E-state index contributed by atoms with van der Waals surface area (Å²) in [7, 11) is 1.82. The second kappa shape index (κ2) is 18.4. The van der Waals surface area contributed by atoms with Crippen LogP contribution in [-0.2, 0) is 33.5 Å². The molecule has 0 unspecified atom stereocenters. The van der Waals surface area contributed by atoms with Gasteiger partial charge in [-0.15, -0.1) is 4.99 Å². The van der Waals surface area contributed by atoms with E-state index in [4.69, 9.17) is 25.8 Å². The largest absolute Gasteiger partial charge is 0.444 e. The van der Waals surface area contributed by atoms with Crippen LogP contribution in [0.25, 0.3) is 0 Å². The molecule has 0 saturated carbocycles. The zero-order valence-electron chi connectivity index (χ0n) is 31.6. The highest BCUT2D eigenvalue weighted by Gasteiger charge is 2.23. The molecule has 0 fully saturated rings. The van der Waals surface area contributed by atoms with Crippen LogP contribution in [0.4, 0.5) is 15.3 Å². The first-order valence-corrected chi connectivity index (χ1v) is 17.8. The number of nitrogens with one attached hydrogen (secondary N) is 2. The van der Waals surface area contributed by atoms with Crippen LogP contribution in [0.2, 0.25) is 5.02 Å². The van der Waals surface area contributed by atoms with Crippen molar-refractivity contribution < 1.29 is 33.4 Å². The second-order valence-electron chi connectivity index (χ2n) is 14.6. The third-order valence-corrected chi connectivity index (χ3v) is 8.10. The highest BCUT2D eigenvalue weighted by molar-refractivity contribution is 6.31. The second-order valence-corrected chi connectivity index (χ2v) is 15.0. The Morgan fingerprint density at radius 2 is 1.31 bits per heavy atom. The van der Waals surface area contributed by atoms with E-state index in [1.807, 2.05) is 43.4 Å². The summed E-state index contributed by atoms with van der Waals surface area (Å²) in [6, 6.07) is 30.9. The summed E-state index contributed by atoms with van der Waals surface area (Å²) in [4.78, 5) is 57.0. The van der Waals surface area contributed by atoms with Gasteiger partial charge in [0.15, 0.2) is 0 Å². The third kappa shape index (κ3) is 13.7. The summed E-state index contributed by atoms with van der Waals surface area (Å²) in [5, 5.41) is 5.53. The Hall–Kier alpha value is -5.68. The average Bonchev–Trinajstić information content (AvgIpc) is 3.08. The number of benzene rings is 4. The molecule has 0 bridgehead atoms. The summed E-state index contributed by atoms with van der Waals surface area (Å²) in [6.45, 7) is 10.1. The molecule has 0 radical (unpaired) electrons. The van der Waals surface area contributed by atoms with Gasteiger partial charge in [-0.25, -0.2) is 14.4 Å². The molecule has 54 heavy (non-hydrogen) atoms. The Balaban J connectivity index is 1.40. The topological polar surface area (TPSA) is 136 Å². The maximum Gasteiger partial charge on any atom is 0.437 e. The van der Waals surface area contributed by atoms with Crippen molar-refractivity contribution in [1.82, 2.24) is 10.2 Å². The van der Waals surface area contributed by atoms with Gasteiger partial charge in [-0.1, -0.05) is 78.3 Å². The maximum atomic E-state index is 13.6. The molecule has 2 N–H and O–H groups in total. The molecule has 284 valence electrons. The summed E-state index contributed by atoms with van der Waals surface area (Å²) < 4.78 is 16.1. The zero-order valence-corrected chi connectivity index (χ0v) is 32.4. The highest BCUT2D eigenvalue weighted by Crippen LogP contribution is 2.25. The number of hydrogen-bond acceptors (Lipinski definition) is 7. The van der Waals surface area contributed by atoms with E-state index in [0.717, 1.165) is 11.1 Å². The first-order valence-electron chi connectivity index (χ1n) is 17.5. The fraction of sp³-hybridized carbons (Fsp3) is 0.310. The van der Waals surface area contributed by atoms with Crippen LogP contribution in [0.15, 0.2) is 108 Å². The van der Waals surface area contributed by atoms with Gasteiger partial charge in [-0.3, -0.25) is 10.1 Å². The molecule has 12 heteroatoms. The van der Waals surface area contributed by atoms with Crippen LogP contribution in [0.3, 0.4) is 0 Å². The van der Waals surface area contributed by atoms with Crippen LogP contribution >= 0.6 is 11.6 Å². The number of likely N-dealkylation sites (N-methyl/N-ethyl adjacent to an activating group) is 1. The van der Waals surface area contributed by atoms with Crippen molar-refractivity contribution >= 4 is 47.3 Å². The van der Waals surface area contributed by atoms with E-state index in [9.17, 15) is 19.2 Å². The van der Waals surface area contributed by atoms with E-state index in [2.05, 4.69) is 39.9 Å². The van der Waals surface area contributed by atoms with Crippen molar-refractivity contribution in [3.8, 4) is 5.75 Å². The molecular formula is C42H47ClN4O7. The fourth-order valence-corrected chi connectivity index (χ4v) is 5.44. The lowest BCUT2D eigenvalue weighted by Gasteiger charge is -2.29. The lowest BCUT2D eigenvalue weighted by atomic mass is 9.97. The first kappa shape index (κ1) is 41.1. The van der Waals surface area contributed by atoms with Crippen LogP contribution in [-0.4, -0.2) is 59.2 Å². The van der Waals surface area contributed by atoms with E-state index in [-0.39, 0.29) is 35.6 Å². The van der Waals surface area contributed by atoms with Crippen LogP contribution in [0.1, 0.15) is 68.6 Å². The number of anilines is 1. The summed E-state index contributed by atoms with van der Waals surface area (Å²) in [5.41, 5.74) is 1.88. The highest BCUT2D eigenvalue weighted by atomic mass is 35.5. The number of nitrogens with zero attached hydrogens (tertiary/aromatic N) is 2. The summed E-state index contributed by atoms with van der Waals surface area (Å²) in [5.74, 6) is -0.777. The minimum atomic E-state index is -0.933. The number of amides is 3. The summed E-state index contributed by atoms with van der Waals surface area (Å²) in [6.07, 6.45) is -0.310. The molecular weight excluding hydrogens is 708 g/mol. The number of ether oxygens (including phenoxy) is 3. The number of carbonyl (C=O) groups is 4. The van der Waals surface area contributed by atoms with Gasteiger partial charge in [0, 0.05) is 23.8 Å². The Kier molecular flexibility index (Phi) is 14.0. The molecule has 0 saturated heterocycles. The molecule has 4 aromatic rings. The third-order valence-electron chi connectivity index (χ3n) is 7.75. The Bertz CT molecular complexity index is 1900. The molecule has 4 aromatic carbocycles. The number of alkyl carbamates (subject to hydrolysis) is 1. The van der Waals surface area contributed by atoms with Crippen LogP contribution in [0.5, 0.6) is 5.75 Å². The van der Waals surface area contributed by atoms with Gasteiger partial charge >= 0.3 is 18.2 Å². The molecule has 0 atom stereocenters. The van der Waals surface area contributed by atoms with Crippen molar-refractivity contribution in [1.29, 1.82) is 0 Å². The Morgan fingerprint density at radius 3 is 1.83 bits per heavy atom. The molecule has 11 nitrogen and oxygen atoms in total. The van der Waals surface area contributed by atoms with Gasteiger partial charge in [-0.05, 0) is 107 Å². The number of halogens is 1. The van der Waals surface area contributed by atoms with E-state index < -0.39 is 29.4 Å². The number of hydrogen-bond donors (Lipinski definition) is 2. The Labute approximate surface area is 321 Å². The Morgan fingerprint density at radius 1 is 0.759 bits per heavy atom. The molecule has 0 aliphatic heterocycles. The molecule has 4 rings (SSSR count). The van der Waals surface area contributed by atoms with Crippen molar-refractivity contribution in [2.24, 2.45) is 4.99 Å². The van der Waals surface area contributed by atoms with E-state index >= 15 is 0 Å². The average molecular weight is 755 g/mol. The molecule has 0 spiro atoms. The van der Waals surface area contributed by atoms with Gasteiger partial charge in [0.05, 0.1) is 12.0 Å². The minimum absolute atomic E-state index is 0.0695. The van der Waals surface area contributed by atoms with Gasteiger partial charge in [-0.2, -0.15) is 0 Å². The van der Waals surface area contributed by atoms with Crippen molar-refractivity contribution in [2.45, 2.75) is 78.0 Å². The summed E-state index contributed by atoms with van der Waals surface area (Å²) >= 11 is 6.61. The quantitative estimate of drug-likeness (QED) is 0.0711. The zero-order chi connectivity index (χ0) is 39.5. The van der Waals surface area contributed by atoms with E-state index in [1.54, 1.807) is 70.7 Å². The lowest BCUT2D eigenvalue weighted by Crippen LogP contribution is -2.40. The van der Waals surface area contributed by atoms with Gasteiger partial charge in [0.25, 0.3) is 0 Å². The predicted octanol–water partition coefficient (Wildman–Crippen LogP) is 8.64. The predicted molar refractivity (Wildman–Crippen MR) is 210 cm³/mol. The normalized spacial score (nSPS) is 11.8. The monoisotopic (exact) mass is 754 g/mol. The molecule has 0 aliphatic rings. The van der Waals surface area contributed by atoms with Gasteiger partial charge in [0.1, 0.15) is 17.0 Å². The van der Waals surface area contributed by atoms with E-state index in [1.165, 1.54) is 18.2 Å². The first-order chi connectivity index (χ1) is 25.4. The van der Waals surface area contributed by atoms with Crippen molar-refractivity contribution in [3.05, 3.63) is 130 Å². The number of guanidine groups is 1. The maximum absolute atomic E-state index is 13.6. The number of rotatable bonds is 10. The van der Waals surface area contributed by atoms with Gasteiger partial charge in [0.2, 0.25) is 11.9 Å². The SMILES string of the molecule is CN(C(=O)Cc1ccc(OC(=O)c2ccc(N/C(=N\C(=O)OC(C)(C)C)NC(=O)OC(C)(C)C)cc2)cc1Cl)C(Cc1ccccc1)Cc1ccccc1. The minimum Gasteiger partial charge on any atom is -0.444 e. The standard InChI is InChI=1S/C42H47ClN4O7/c1-41(2,3)53-39(50)45-38(46-40(51)54-42(4,5)6)44-32-21-18-30(19-22-32)37(49)52-34-23-20-31(35(43)27-34)26-36(48)47(7)33(24-28-14-10-8-11-15-28)25-29-16-12-9-13-17-29/h8-23,27,33H,24-26H2,1-7H3,(H2,44,45,46,50,51). The molecule has 0 heterocycles.